The van der Waals surface area contributed by atoms with Crippen molar-refractivity contribution < 1.29 is 19.7 Å². The second-order valence-electron chi connectivity index (χ2n) is 6.18. The number of para-hydroxylation sites is 1. The van der Waals surface area contributed by atoms with Gasteiger partial charge in [-0.15, -0.1) is 0 Å². The molecule has 132 valence electrons. The van der Waals surface area contributed by atoms with Crippen molar-refractivity contribution >= 4 is 11.4 Å². The molecule has 3 aromatic carbocycles. The summed E-state index contributed by atoms with van der Waals surface area (Å²) in [5, 5.41) is 23.8. The molecule has 0 spiro atoms. The average molecular weight is 349 g/mol. The highest BCUT2D eigenvalue weighted by Crippen LogP contribution is 2.49. The quantitative estimate of drug-likeness (QED) is 0.637. The number of fused-ring (bicyclic) bond motifs is 2. The van der Waals surface area contributed by atoms with Crippen LogP contribution in [0.2, 0.25) is 0 Å². The maximum Gasteiger partial charge on any atom is 0.206 e. The molecule has 5 heteroatoms. The highest BCUT2D eigenvalue weighted by atomic mass is 16.5. The molecule has 0 saturated heterocycles. The van der Waals surface area contributed by atoms with E-state index in [0.29, 0.717) is 17.9 Å². The summed E-state index contributed by atoms with van der Waals surface area (Å²) in [7, 11) is 1.40. The Labute approximate surface area is 151 Å². The Bertz CT molecular complexity index is 954. The Morgan fingerprint density at radius 3 is 2.46 bits per heavy atom. The molecular formula is C21H19NO4. The summed E-state index contributed by atoms with van der Waals surface area (Å²) in [5.41, 5.74) is 3.75. The molecule has 1 aliphatic rings. The summed E-state index contributed by atoms with van der Waals surface area (Å²) in [6.07, 6.45) is 1.38. The van der Waals surface area contributed by atoms with Gasteiger partial charge in [-0.25, -0.2) is 0 Å². The molecule has 1 heterocycles. The van der Waals surface area contributed by atoms with Crippen LogP contribution in [0.15, 0.2) is 54.6 Å². The molecule has 1 aliphatic heterocycles. The van der Waals surface area contributed by atoms with Crippen LogP contribution in [0.1, 0.15) is 11.1 Å². The third kappa shape index (κ3) is 2.88. The van der Waals surface area contributed by atoms with Crippen molar-refractivity contribution in [1.29, 1.82) is 0 Å². The number of ether oxygens (including phenoxy) is 2. The molecule has 0 radical (unpaired) electrons. The number of anilines is 2. The standard InChI is InChI=1S/C21H19NO4/c1-25-21-17(23)12-14-8-7-13-11-16(22-15-5-3-2-4-6-15)9-10-18(13)26-20(14)19(21)24/h2-6,9-12,22-24H,7-8H2,1H3. The number of aromatic hydroxyl groups is 2. The Morgan fingerprint density at radius 2 is 1.69 bits per heavy atom. The molecule has 0 aromatic heterocycles. The maximum atomic E-state index is 10.4. The summed E-state index contributed by atoms with van der Waals surface area (Å²) in [6, 6.07) is 17.4. The number of hydrogen-bond donors (Lipinski definition) is 3. The van der Waals surface area contributed by atoms with Gasteiger partial charge in [0.25, 0.3) is 0 Å². The van der Waals surface area contributed by atoms with E-state index >= 15 is 0 Å². The third-order valence-corrected chi connectivity index (χ3v) is 4.47. The summed E-state index contributed by atoms with van der Waals surface area (Å²) in [4.78, 5) is 0. The smallest absolute Gasteiger partial charge is 0.206 e. The van der Waals surface area contributed by atoms with Crippen LogP contribution in [0, 0.1) is 0 Å². The van der Waals surface area contributed by atoms with E-state index in [4.69, 9.17) is 9.47 Å². The second-order valence-corrected chi connectivity index (χ2v) is 6.18. The molecule has 26 heavy (non-hydrogen) atoms. The van der Waals surface area contributed by atoms with Crippen LogP contribution in [-0.2, 0) is 12.8 Å². The van der Waals surface area contributed by atoms with E-state index in [1.165, 1.54) is 7.11 Å². The minimum Gasteiger partial charge on any atom is -0.504 e. The van der Waals surface area contributed by atoms with Gasteiger partial charge in [0.15, 0.2) is 11.5 Å². The molecule has 3 N–H and O–H groups in total. The first-order chi connectivity index (χ1) is 12.7. The lowest BCUT2D eigenvalue weighted by atomic mass is 10.0. The SMILES string of the molecule is COc1c(O)cc2c(c1O)Oc1ccc(Nc3ccccc3)cc1CC2. The molecule has 0 unspecified atom stereocenters. The summed E-state index contributed by atoms with van der Waals surface area (Å²) < 4.78 is 11.0. The fourth-order valence-corrected chi connectivity index (χ4v) is 3.19. The fourth-order valence-electron chi connectivity index (χ4n) is 3.19. The second kappa shape index (κ2) is 6.52. The van der Waals surface area contributed by atoms with Crippen LogP contribution in [0.4, 0.5) is 11.4 Å². The van der Waals surface area contributed by atoms with Gasteiger partial charge in [0.2, 0.25) is 11.5 Å². The largest absolute Gasteiger partial charge is 0.504 e. The lowest BCUT2D eigenvalue weighted by Crippen LogP contribution is -1.94. The first kappa shape index (κ1) is 16.1. The van der Waals surface area contributed by atoms with Crippen molar-refractivity contribution in [3.8, 4) is 28.7 Å². The minimum atomic E-state index is -0.179. The van der Waals surface area contributed by atoms with E-state index in [1.807, 2.05) is 48.5 Å². The van der Waals surface area contributed by atoms with Crippen LogP contribution < -0.4 is 14.8 Å². The zero-order chi connectivity index (χ0) is 18.1. The van der Waals surface area contributed by atoms with Gasteiger partial charge >= 0.3 is 0 Å². The average Bonchev–Trinajstić information content (AvgIpc) is 2.82. The van der Waals surface area contributed by atoms with Crippen LogP contribution in [-0.4, -0.2) is 17.3 Å². The van der Waals surface area contributed by atoms with E-state index < -0.39 is 0 Å². The highest BCUT2D eigenvalue weighted by Gasteiger charge is 2.23. The number of hydrogen-bond acceptors (Lipinski definition) is 5. The van der Waals surface area contributed by atoms with Gasteiger partial charge in [-0.1, -0.05) is 18.2 Å². The molecule has 0 aliphatic carbocycles. The van der Waals surface area contributed by atoms with Crippen molar-refractivity contribution in [2.24, 2.45) is 0 Å². The normalized spacial score (nSPS) is 12.3. The number of phenols is 2. The first-order valence-corrected chi connectivity index (χ1v) is 8.40. The highest BCUT2D eigenvalue weighted by molar-refractivity contribution is 5.66. The van der Waals surface area contributed by atoms with Crippen LogP contribution in [0.3, 0.4) is 0 Å². The molecular weight excluding hydrogens is 330 g/mol. The topological polar surface area (TPSA) is 71.0 Å². The predicted molar refractivity (Wildman–Crippen MR) is 100.0 cm³/mol. The summed E-state index contributed by atoms with van der Waals surface area (Å²) in [6.45, 7) is 0. The monoisotopic (exact) mass is 349 g/mol. The number of aryl methyl sites for hydroxylation is 2. The Hall–Kier alpha value is -3.34. The molecule has 3 aromatic rings. The van der Waals surface area contributed by atoms with Crippen molar-refractivity contribution in [1.82, 2.24) is 0 Å². The van der Waals surface area contributed by atoms with Crippen molar-refractivity contribution in [2.75, 3.05) is 12.4 Å². The number of phenolic OH excluding ortho intramolecular Hbond substituents is 2. The van der Waals surface area contributed by atoms with Gasteiger partial charge in [0.1, 0.15) is 5.75 Å². The molecule has 0 fully saturated rings. The van der Waals surface area contributed by atoms with Crippen molar-refractivity contribution in [2.45, 2.75) is 12.8 Å². The molecule has 0 bridgehead atoms. The van der Waals surface area contributed by atoms with Crippen LogP contribution in [0.5, 0.6) is 28.7 Å². The number of methoxy groups -OCH3 is 1. The zero-order valence-corrected chi connectivity index (χ0v) is 14.3. The van der Waals surface area contributed by atoms with E-state index in [1.54, 1.807) is 6.07 Å². The minimum absolute atomic E-state index is 0.0227. The number of nitrogens with one attached hydrogen (secondary N) is 1. The van der Waals surface area contributed by atoms with Crippen LogP contribution >= 0.6 is 0 Å². The van der Waals surface area contributed by atoms with Gasteiger partial charge < -0.3 is 25.0 Å². The van der Waals surface area contributed by atoms with Gasteiger partial charge in [-0.2, -0.15) is 0 Å². The van der Waals surface area contributed by atoms with Gasteiger partial charge in [0, 0.05) is 16.9 Å². The van der Waals surface area contributed by atoms with Gasteiger partial charge in [-0.3, -0.25) is 0 Å². The van der Waals surface area contributed by atoms with Gasteiger partial charge in [0.05, 0.1) is 7.11 Å². The fraction of sp³-hybridized carbons (Fsp3) is 0.143. The molecule has 0 amide bonds. The Kier molecular flexibility index (Phi) is 4.05. The molecule has 0 atom stereocenters. The number of rotatable bonds is 3. The van der Waals surface area contributed by atoms with Crippen molar-refractivity contribution in [3.63, 3.8) is 0 Å². The van der Waals surface area contributed by atoms with E-state index in [0.717, 1.165) is 28.9 Å². The van der Waals surface area contributed by atoms with Gasteiger partial charge in [-0.05, 0) is 54.8 Å². The lowest BCUT2D eigenvalue weighted by Gasteiger charge is -2.14. The Morgan fingerprint density at radius 1 is 0.923 bits per heavy atom. The molecule has 0 saturated carbocycles. The zero-order valence-electron chi connectivity index (χ0n) is 14.3. The van der Waals surface area contributed by atoms with Crippen LogP contribution in [0.25, 0.3) is 0 Å². The third-order valence-electron chi connectivity index (χ3n) is 4.47. The molecule has 5 nitrogen and oxygen atoms in total. The van der Waals surface area contributed by atoms with E-state index in [9.17, 15) is 10.2 Å². The lowest BCUT2D eigenvalue weighted by molar-refractivity contribution is 0.331. The van der Waals surface area contributed by atoms with E-state index in [2.05, 4.69) is 5.32 Å². The Balaban J connectivity index is 1.67. The molecule has 4 rings (SSSR count). The summed E-state index contributed by atoms with van der Waals surface area (Å²) in [5.74, 6) is 0.772. The maximum absolute atomic E-state index is 10.4. The van der Waals surface area contributed by atoms with Crippen molar-refractivity contribution in [3.05, 3.63) is 65.7 Å². The predicted octanol–water partition coefficient (Wildman–Crippen LogP) is 4.74. The summed E-state index contributed by atoms with van der Waals surface area (Å²) >= 11 is 0. The number of benzene rings is 3. The van der Waals surface area contributed by atoms with E-state index in [-0.39, 0.29) is 17.2 Å². The first-order valence-electron chi connectivity index (χ1n) is 8.40.